The maximum Gasteiger partial charge on any atom is 0.159 e. The van der Waals surface area contributed by atoms with Gasteiger partial charge in [-0.1, -0.05) is 0 Å². The monoisotopic (exact) mass is 202 g/mol. The number of hydrogen-bond acceptors (Lipinski definition) is 4. The number of nitrogen functional groups attached to an aromatic ring is 1. The van der Waals surface area contributed by atoms with E-state index in [4.69, 9.17) is 5.73 Å². The lowest BCUT2D eigenvalue weighted by atomic mass is 10.1. The van der Waals surface area contributed by atoms with Crippen molar-refractivity contribution in [2.24, 2.45) is 0 Å². The van der Waals surface area contributed by atoms with Gasteiger partial charge in [0, 0.05) is 5.56 Å². The first-order valence-corrected chi connectivity index (χ1v) is 4.44. The average Bonchev–Trinajstić information content (AvgIpc) is 2.70. The number of carbonyl (C=O) groups is 1. The van der Waals surface area contributed by atoms with Crippen LogP contribution in [0.3, 0.4) is 0 Å². The molecule has 2 N–H and O–H groups in total. The lowest BCUT2D eigenvalue weighted by Crippen LogP contribution is -2.02. The van der Waals surface area contributed by atoms with E-state index in [1.807, 2.05) is 0 Å². The molecule has 1 heterocycles. The highest BCUT2D eigenvalue weighted by Crippen LogP contribution is 2.17. The van der Waals surface area contributed by atoms with E-state index in [0.29, 0.717) is 11.3 Å². The Labute approximate surface area is 86.5 Å². The predicted octanol–water partition coefficient (Wildman–Crippen LogP) is 1.05. The van der Waals surface area contributed by atoms with Crippen LogP contribution in [0, 0.1) is 0 Å². The largest absolute Gasteiger partial charge is 0.397 e. The highest BCUT2D eigenvalue weighted by atomic mass is 16.1. The summed E-state index contributed by atoms with van der Waals surface area (Å²) in [7, 11) is 0. The second kappa shape index (κ2) is 3.53. The Hall–Kier alpha value is -2.17. The predicted molar refractivity (Wildman–Crippen MR) is 55.8 cm³/mol. The summed E-state index contributed by atoms with van der Waals surface area (Å²) in [5.74, 6) is -0.00756. The smallest absolute Gasteiger partial charge is 0.159 e. The number of Topliss-reactive ketones (excluding diaryl/α,β-unsaturated/α-hetero) is 1. The summed E-state index contributed by atoms with van der Waals surface area (Å²) >= 11 is 0. The van der Waals surface area contributed by atoms with E-state index >= 15 is 0 Å². The minimum Gasteiger partial charge on any atom is -0.397 e. The molecule has 0 fully saturated rings. The first-order chi connectivity index (χ1) is 7.18. The fraction of sp³-hybridized carbons (Fsp3) is 0.100. The summed E-state index contributed by atoms with van der Waals surface area (Å²) in [6.07, 6.45) is 2.98. The first kappa shape index (κ1) is 9.39. The van der Waals surface area contributed by atoms with Crippen LogP contribution in [0.5, 0.6) is 0 Å². The van der Waals surface area contributed by atoms with Crippen molar-refractivity contribution in [2.75, 3.05) is 5.73 Å². The SMILES string of the molecule is CC(=O)c1ccc(-n2cncn2)c(N)c1. The molecule has 0 amide bonds. The Bertz CT molecular complexity index is 490. The number of ketones is 1. The van der Waals surface area contributed by atoms with Crippen LogP contribution in [0.1, 0.15) is 17.3 Å². The maximum absolute atomic E-state index is 11.1. The Morgan fingerprint density at radius 1 is 1.47 bits per heavy atom. The lowest BCUT2D eigenvalue weighted by molar-refractivity contribution is 0.101. The van der Waals surface area contributed by atoms with Gasteiger partial charge in [-0.2, -0.15) is 5.10 Å². The molecule has 2 rings (SSSR count). The fourth-order valence-electron chi connectivity index (χ4n) is 1.31. The van der Waals surface area contributed by atoms with Gasteiger partial charge in [0.05, 0.1) is 11.4 Å². The van der Waals surface area contributed by atoms with Gasteiger partial charge in [0.1, 0.15) is 12.7 Å². The van der Waals surface area contributed by atoms with Crippen LogP contribution in [-0.4, -0.2) is 20.5 Å². The minimum absolute atomic E-state index is 0.00756. The number of benzene rings is 1. The standard InChI is InChI=1S/C10H10N4O/c1-7(15)8-2-3-10(9(11)4-8)14-6-12-5-13-14/h2-6H,11H2,1H3. The van der Waals surface area contributed by atoms with E-state index in [-0.39, 0.29) is 5.78 Å². The average molecular weight is 202 g/mol. The van der Waals surface area contributed by atoms with Crippen molar-refractivity contribution in [1.29, 1.82) is 0 Å². The normalized spacial score (nSPS) is 10.2. The van der Waals surface area contributed by atoms with E-state index in [1.54, 1.807) is 29.2 Å². The van der Waals surface area contributed by atoms with Gasteiger partial charge in [-0.25, -0.2) is 9.67 Å². The van der Waals surface area contributed by atoms with Crippen LogP contribution < -0.4 is 5.73 Å². The number of anilines is 1. The number of nitrogens with two attached hydrogens (primary N) is 1. The van der Waals surface area contributed by atoms with Crippen LogP contribution in [0.25, 0.3) is 5.69 Å². The molecule has 15 heavy (non-hydrogen) atoms. The zero-order valence-corrected chi connectivity index (χ0v) is 8.21. The van der Waals surface area contributed by atoms with Crippen LogP contribution >= 0.6 is 0 Å². The molecule has 2 aromatic rings. The molecule has 0 aliphatic carbocycles. The molecule has 76 valence electrons. The van der Waals surface area contributed by atoms with Gasteiger partial charge in [0.25, 0.3) is 0 Å². The molecular weight excluding hydrogens is 192 g/mol. The molecule has 0 unspecified atom stereocenters. The van der Waals surface area contributed by atoms with Gasteiger partial charge < -0.3 is 5.73 Å². The third-order valence-corrected chi connectivity index (χ3v) is 2.10. The molecule has 1 aromatic heterocycles. The van der Waals surface area contributed by atoms with Gasteiger partial charge >= 0.3 is 0 Å². The van der Waals surface area contributed by atoms with Crippen LogP contribution in [0.15, 0.2) is 30.9 Å². The number of rotatable bonds is 2. The summed E-state index contributed by atoms with van der Waals surface area (Å²) in [6, 6.07) is 5.11. The van der Waals surface area contributed by atoms with Gasteiger partial charge in [0.2, 0.25) is 0 Å². The first-order valence-electron chi connectivity index (χ1n) is 4.44. The van der Waals surface area contributed by atoms with E-state index in [1.165, 1.54) is 13.3 Å². The van der Waals surface area contributed by atoms with Crippen molar-refractivity contribution in [3.05, 3.63) is 36.4 Å². The van der Waals surface area contributed by atoms with Crippen molar-refractivity contribution in [1.82, 2.24) is 14.8 Å². The summed E-state index contributed by atoms with van der Waals surface area (Å²) in [5, 5.41) is 3.96. The molecule has 0 aliphatic rings. The van der Waals surface area contributed by atoms with E-state index in [9.17, 15) is 4.79 Å². The molecule has 5 nitrogen and oxygen atoms in total. The molecule has 0 saturated heterocycles. The fourth-order valence-corrected chi connectivity index (χ4v) is 1.31. The van der Waals surface area contributed by atoms with E-state index in [2.05, 4.69) is 10.1 Å². The second-order valence-corrected chi connectivity index (χ2v) is 3.17. The number of carbonyl (C=O) groups excluding carboxylic acids is 1. The van der Waals surface area contributed by atoms with Crippen molar-refractivity contribution < 1.29 is 4.79 Å². The van der Waals surface area contributed by atoms with Crippen LogP contribution in [0.4, 0.5) is 5.69 Å². The molecule has 1 aromatic carbocycles. The van der Waals surface area contributed by atoms with Crippen LogP contribution in [-0.2, 0) is 0 Å². The molecule has 0 radical (unpaired) electrons. The quantitative estimate of drug-likeness (QED) is 0.583. The lowest BCUT2D eigenvalue weighted by Gasteiger charge is -2.05. The van der Waals surface area contributed by atoms with Gasteiger partial charge in [-0.05, 0) is 25.1 Å². The van der Waals surface area contributed by atoms with Gasteiger partial charge in [-0.15, -0.1) is 0 Å². The third-order valence-electron chi connectivity index (χ3n) is 2.10. The Morgan fingerprint density at radius 3 is 2.80 bits per heavy atom. The highest BCUT2D eigenvalue weighted by molar-refractivity contribution is 5.95. The number of hydrogen-bond donors (Lipinski definition) is 1. The Kier molecular flexibility index (Phi) is 2.21. The summed E-state index contributed by atoms with van der Waals surface area (Å²) in [4.78, 5) is 14.9. The molecule has 0 atom stereocenters. The summed E-state index contributed by atoms with van der Waals surface area (Å²) in [5.41, 5.74) is 7.63. The minimum atomic E-state index is -0.00756. The van der Waals surface area contributed by atoms with Gasteiger partial charge in [-0.3, -0.25) is 4.79 Å². The van der Waals surface area contributed by atoms with E-state index in [0.717, 1.165) is 5.69 Å². The van der Waals surface area contributed by atoms with Crippen molar-refractivity contribution in [2.45, 2.75) is 6.92 Å². The van der Waals surface area contributed by atoms with Gasteiger partial charge in [0.15, 0.2) is 5.78 Å². The summed E-state index contributed by atoms with van der Waals surface area (Å²) < 4.78 is 1.55. The second-order valence-electron chi connectivity index (χ2n) is 3.17. The molecule has 0 bridgehead atoms. The summed E-state index contributed by atoms with van der Waals surface area (Å²) in [6.45, 7) is 1.50. The van der Waals surface area contributed by atoms with Crippen LogP contribution in [0.2, 0.25) is 0 Å². The molecule has 0 saturated carbocycles. The molecule has 0 aliphatic heterocycles. The zero-order valence-electron chi connectivity index (χ0n) is 8.21. The topological polar surface area (TPSA) is 73.8 Å². The zero-order chi connectivity index (χ0) is 10.8. The van der Waals surface area contributed by atoms with Crippen molar-refractivity contribution in [3.63, 3.8) is 0 Å². The molecular formula is C10H10N4O. The maximum atomic E-state index is 11.1. The molecule has 0 spiro atoms. The van der Waals surface area contributed by atoms with Crippen molar-refractivity contribution >= 4 is 11.5 Å². The van der Waals surface area contributed by atoms with E-state index < -0.39 is 0 Å². The van der Waals surface area contributed by atoms with Crippen molar-refractivity contribution in [3.8, 4) is 5.69 Å². The highest BCUT2D eigenvalue weighted by Gasteiger charge is 2.05. The third kappa shape index (κ3) is 1.71. The Balaban J connectivity index is 2.48. The number of aromatic nitrogens is 3. The number of nitrogens with zero attached hydrogens (tertiary/aromatic N) is 3. The molecule has 5 heteroatoms. The Morgan fingerprint density at radius 2 is 2.27 bits per heavy atom.